The third-order valence-electron chi connectivity index (χ3n) is 4.88. The molecule has 0 radical (unpaired) electrons. The molecule has 32 heavy (non-hydrogen) atoms. The molecule has 0 aliphatic rings. The van der Waals surface area contributed by atoms with Crippen LogP contribution in [0.3, 0.4) is 0 Å². The van der Waals surface area contributed by atoms with E-state index in [4.69, 9.17) is 4.74 Å². The van der Waals surface area contributed by atoms with Gasteiger partial charge in [0.15, 0.2) is 5.78 Å². The molecular weight excluding hydrogens is 444 g/mol. The van der Waals surface area contributed by atoms with Crippen LogP contribution in [0, 0.1) is 5.82 Å². The number of Topliss-reactive ketones (excluding diaryl/α,β-unsaturated/α-hetero) is 2. The van der Waals surface area contributed by atoms with Gasteiger partial charge in [-0.1, -0.05) is 26.6 Å². The predicted molar refractivity (Wildman–Crippen MR) is 115 cm³/mol. The van der Waals surface area contributed by atoms with E-state index in [1.165, 1.54) is 0 Å². The van der Waals surface area contributed by atoms with Gasteiger partial charge in [-0.25, -0.2) is 9.37 Å². The maximum Gasteiger partial charge on any atom is 0.416 e. The Balaban J connectivity index is 1.88. The van der Waals surface area contributed by atoms with Gasteiger partial charge < -0.3 is 9.30 Å². The zero-order valence-corrected chi connectivity index (χ0v) is 19.6. The molecule has 1 atom stereocenters. The Labute approximate surface area is 185 Å². The third-order valence-corrected chi connectivity index (χ3v) is 6.59. The van der Waals surface area contributed by atoms with Crippen LogP contribution in [0.25, 0.3) is 0 Å². The second kappa shape index (κ2) is 10.5. The minimum absolute atomic E-state index is 0.00148. The number of hydrogen-bond donors (Lipinski definition) is 0. The highest BCUT2D eigenvalue weighted by Crippen LogP contribution is 2.30. The largest absolute Gasteiger partial charge is 0.416 e. The number of halogens is 4. The van der Waals surface area contributed by atoms with E-state index in [0.29, 0.717) is 25.1 Å². The van der Waals surface area contributed by atoms with Crippen LogP contribution in [0.4, 0.5) is 17.6 Å². The molecule has 0 spiro atoms. The van der Waals surface area contributed by atoms with Crippen LogP contribution in [0.1, 0.15) is 47.3 Å². The maximum absolute atomic E-state index is 13.9. The van der Waals surface area contributed by atoms with Crippen molar-refractivity contribution in [3.05, 3.63) is 53.4 Å². The number of ether oxygens (including phenoxy) is 1. The molecule has 1 aromatic carbocycles. The number of carbonyl (C=O) groups is 2. The van der Waals surface area contributed by atoms with Crippen molar-refractivity contribution < 1.29 is 31.9 Å². The number of hydrogen-bond acceptors (Lipinski definition) is 4. The normalized spacial score (nSPS) is 13.2. The van der Waals surface area contributed by atoms with E-state index in [1.54, 1.807) is 24.0 Å². The molecule has 0 aliphatic heterocycles. The van der Waals surface area contributed by atoms with Gasteiger partial charge in [0.25, 0.3) is 0 Å². The summed E-state index contributed by atoms with van der Waals surface area (Å²) < 4.78 is 59.3. The molecule has 10 heteroatoms. The first-order chi connectivity index (χ1) is 14.8. The summed E-state index contributed by atoms with van der Waals surface area (Å²) in [6.07, 6.45) is -1.93. The van der Waals surface area contributed by atoms with Gasteiger partial charge in [-0.15, -0.1) is 0 Å². The first kappa shape index (κ1) is 25.9. The van der Waals surface area contributed by atoms with Gasteiger partial charge in [-0.2, -0.15) is 13.2 Å². The average molecular weight is 473 g/mol. The summed E-state index contributed by atoms with van der Waals surface area (Å²) in [4.78, 5) is 28.8. The van der Waals surface area contributed by atoms with Crippen molar-refractivity contribution in [2.24, 2.45) is 0 Å². The first-order valence-electron chi connectivity index (χ1n) is 10.3. The quantitative estimate of drug-likeness (QED) is 0.139. The van der Waals surface area contributed by atoms with Crippen LogP contribution < -0.4 is 0 Å². The molecule has 1 aromatic heterocycles. The van der Waals surface area contributed by atoms with Crippen molar-refractivity contribution >= 4 is 19.6 Å². The van der Waals surface area contributed by atoms with Crippen LogP contribution in [0.15, 0.2) is 30.7 Å². The first-order valence-corrected chi connectivity index (χ1v) is 14.0. The highest BCUT2D eigenvalue weighted by molar-refractivity contribution is 6.76. The monoisotopic (exact) mass is 472 g/mol. The van der Waals surface area contributed by atoms with E-state index in [0.717, 1.165) is 12.1 Å². The number of ketones is 2. The Morgan fingerprint density at radius 1 is 1.22 bits per heavy atom. The summed E-state index contributed by atoms with van der Waals surface area (Å²) in [5.41, 5.74) is -1.06. The van der Waals surface area contributed by atoms with E-state index in [9.17, 15) is 27.2 Å². The molecule has 0 amide bonds. The van der Waals surface area contributed by atoms with Crippen molar-refractivity contribution in [1.82, 2.24) is 9.55 Å². The zero-order chi connectivity index (χ0) is 24.1. The molecule has 1 heterocycles. The molecule has 0 fully saturated rings. The topological polar surface area (TPSA) is 61.2 Å². The van der Waals surface area contributed by atoms with Crippen LogP contribution in [0.2, 0.25) is 25.7 Å². The highest BCUT2D eigenvalue weighted by Gasteiger charge is 2.32. The van der Waals surface area contributed by atoms with Gasteiger partial charge in [0.05, 0.1) is 29.6 Å². The van der Waals surface area contributed by atoms with Gasteiger partial charge in [0, 0.05) is 33.2 Å². The lowest BCUT2D eigenvalue weighted by Crippen LogP contribution is -2.21. The zero-order valence-electron chi connectivity index (χ0n) is 18.6. The molecule has 0 saturated carbocycles. The average Bonchev–Trinajstić information content (AvgIpc) is 3.12. The lowest BCUT2D eigenvalue weighted by Gasteiger charge is -2.15. The number of nitrogens with zero attached hydrogens (tertiary/aromatic N) is 2. The Bertz CT molecular complexity index is 951. The van der Waals surface area contributed by atoms with E-state index in [-0.39, 0.29) is 18.4 Å². The molecule has 176 valence electrons. The molecule has 0 saturated heterocycles. The van der Waals surface area contributed by atoms with E-state index < -0.39 is 49.2 Å². The fourth-order valence-electron chi connectivity index (χ4n) is 2.96. The van der Waals surface area contributed by atoms with Gasteiger partial charge in [0.1, 0.15) is 18.3 Å². The molecular formula is C22H28F4N2O3Si. The molecule has 1 unspecified atom stereocenters. The summed E-state index contributed by atoms with van der Waals surface area (Å²) >= 11 is 0. The smallest absolute Gasteiger partial charge is 0.361 e. The summed E-state index contributed by atoms with van der Waals surface area (Å²) in [5, 5.41) is 0. The van der Waals surface area contributed by atoms with Crippen LogP contribution in [-0.2, 0) is 22.4 Å². The lowest BCUT2D eigenvalue weighted by molar-refractivity contribution is -0.137. The van der Waals surface area contributed by atoms with Gasteiger partial charge in [-0.3, -0.25) is 9.59 Å². The van der Waals surface area contributed by atoms with Gasteiger partial charge in [0.2, 0.25) is 0 Å². The number of carbonyl (C=O) groups excluding carboxylic acids is 2. The molecule has 5 nitrogen and oxygen atoms in total. The second-order valence-corrected chi connectivity index (χ2v) is 14.7. The Morgan fingerprint density at radius 2 is 1.91 bits per heavy atom. The molecule has 2 rings (SSSR count). The maximum atomic E-state index is 13.9. The SMILES string of the molecule is CC(CC(=O)CC(=O)c1ccc(C(F)(F)F)cc1F)c1cn(COCC[Si](C)(C)C)cn1. The van der Waals surface area contributed by atoms with Crippen molar-refractivity contribution in [2.75, 3.05) is 6.61 Å². The van der Waals surface area contributed by atoms with Gasteiger partial charge in [-0.05, 0) is 24.2 Å². The third kappa shape index (κ3) is 7.98. The molecule has 2 aromatic rings. The highest BCUT2D eigenvalue weighted by atomic mass is 28.3. The fourth-order valence-corrected chi connectivity index (χ4v) is 3.72. The van der Waals surface area contributed by atoms with Crippen LogP contribution in [-0.4, -0.2) is 35.8 Å². The summed E-state index contributed by atoms with van der Waals surface area (Å²) in [5.74, 6) is -2.87. The minimum atomic E-state index is -4.71. The predicted octanol–water partition coefficient (Wildman–Crippen LogP) is 5.69. The Morgan fingerprint density at radius 3 is 2.50 bits per heavy atom. The standard InChI is InChI=1S/C22H28F4N2O3Si/c1-15(20-12-28(13-27-20)14-31-7-8-32(2,3)4)9-17(29)11-21(30)18-6-5-16(10-19(18)23)22(24,25)26/h5-6,10,12-13,15H,7-9,11,14H2,1-4H3. The summed E-state index contributed by atoms with van der Waals surface area (Å²) in [6.45, 7) is 9.59. The van der Waals surface area contributed by atoms with Crippen molar-refractivity contribution in [1.29, 1.82) is 0 Å². The Kier molecular flexibility index (Phi) is 8.52. The van der Waals surface area contributed by atoms with E-state index in [1.807, 2.05) is 0 Å². The fraction of sp³-hybridized carbons (Fsp3) is 0.500. The number of benzene rings is 1. The van der Waals surface area contributed by atoms with Crippen LogP contribution >= 0.6 is 0 Å². The second-order valence-electron chi connectivity index (χ2n) is 9.10. The number of imidazole rings is 1. The van der Waals surface area contributed by atoms with Crippen molar-refractivity contribution in [3.63, 3.8) is 0 Å². The number of alkyl halides is 3. The summed E-state index contributed by atoms with van der Waals surface area (Å²) in [7, 11) is -1.17. The summed E-state index contributed by atoms with van der Waals surface area (Å²) in [6, 6.07) is 2.70. The molecule has 0 bridgehead atoms. The van der Waals surface area contributed by atoms with E-state index >= 15 is 0 Å². The number of aromatic nitrogens is 2. The van der Waals surface area contributed by atoms with Gasteiger partial charge >= 0.3 is 6.18 Å². The minimum Gasteiger partial charge on any atom is -0.361 e. The Hall–Kier alpha value is -2.33. The molecule has 0 aliphatic carbocycles. The lowest BCUT2D eigenvalue weighted by atomic mass is 9.96. The number of rotatable bonds is 11. The van der Waals surface area contributed by atoms with E-state index in [2.05, 4.69) is 24.6 Å². The molecule has 0 N–H and O–H groups in total. The van der Waals surface area contributed by atoms with Crippen molar-refractivity contribution in [2.45, 2.75) is 64.3 Å². The van der Waals surface area contributed by atoms with Crippen LogP contribution in [0.5, 0.6) is 0 Å². The van der Waals surface area contributed by atoms with Crippen molar-refractivity contribution in [3.8, 4) is 0 Å².